The van der Waals surface area contributed by atoms with Crippen LogP contribution in [0.4, 0.5) is 0 Å². The van der Waals surface area contributed by atoms with E-state index in [-0.39, 0.29) is 0 Å². The standard InChI is InChI=1S/C12H25NO3S/c1-9-6-10(8-12(2,3)7-9)4-5-11(13)17(14,15)16/h9-11H,4-8,13H2,1-3H3,(H,14,15,16). The fraction of sp³-hybridized carbons (Fsp3) is 1.00. The van der Waals surface area contributed by atoms with Gasteiger partial charge in [-0.25, -0.2) is 0 Å². The molecule has 3 atom stereocenters. The van der Waals surface area contributed by atoms with E-state index in [1.807, 2.05) is 0 Å². The summed E-state index contributed by atoms with van der Waals surface area (Å²) in [5.41, 5.74) is 5.77. The van der Waals surface area contributed by atoms with Gasteiger partial charge in [0.05, 0.1) is 0 Å². The van der Waals surface area contributed by atoms with Crippen LogP contribution in [0.2, 0.25) is 0 Å². The zero-order chi connectivity index (χ0) is 13.3. The maximum Gasteiger partial charge on any atom is 0.280 e. The van der Waals surface area contributed by atoms with Gasteiger partial charge in [-0.15, -0.1) is 0 Å². The molecule has 0 radical (unpaired) electrons. The zero-order valence-corrected chi connectivity index (χ0v) is 11.8. The monoisotopic (exact) mass is 263 g/mol. The Hall–Kier alpha value is -0.130. The lowest BCUT2D eigenvalue weighted by Crippen LogP contribution is -2.32. The third kappa shape index (κ3) is 4.94. The van der Waals surface area contributed by atoms with Crippen molar-refractivity contribution in [2.45, 2.75) is 58.2 Å². The maximum atomic E-state index is 10.8. The van der Waals surface area contributed by atoms with E-state index >= 15 is 0 Å². The van der Waals surface area contributed by atoms with Gasteiger partial charge in [0.15, 0.2) is 0 Å². The molecule has 0 aromatic rings. The summed E-state index contributed by atoms with van der Waals surface area (Å²) < 4.78 is 30.5. The van der Waals surface area contributed by atoms with Gasteiger partial charge in [0.25, 0.3) is 10.1 Å². The van der Waals surface area contributed by atoms with Crippen LogP contribution in [0.15, 0.2) is 0 Å². The van der Waals surface area contributed by atoms with Crippen molar-refractivity contribution in [2.24, 2.45) is 23.0 Å². The third-order valence-corrected chi connectivity index (χ3v) is 4.72. The van der Waals surface area contributed by atoms with Crippen molar-refractivity contribution in [3.8, 4) is 0 Å². The van der Waals surface area contributed by atoms with Gasteiger partial charge in [-0.3, -0.25) is 4.55 Å². The predicted octanol–water partition coefficient (Wildman–Crippen LogP) is 2.40. The molecule has 4 nitrogen and oxygen atoms in total. The molecule has 1 fully saturated rings. The normalized spacial score (nSPS) is 31.1. The van der Waals surface area contributed by atoms with E-state index in [2.05, 4.69) is 20.8 Å². The second kappa shape index (κ2) is 5.24. The average Bonchev–Trinajstić information content (AvgIpc) is 2.09. The van der Waals surface area contributed by atoms with Crippen molar-refractivity contribution in [2.75, 3.05) is 0 Å². The van der Waals surface area contributed by atoms with Crippen LogP contribution in [0.1, 0.15) is 52.9 Å². The highest BCUT2D eigenvalue weighted by Crippen LogP contribution is 2.43. The first kappa shape index (κ1) is 14.9. The van der Waals surface area contributed by atoms with E-state index in [0.717, 1.165) is 19.3 Å². The number of rotatable bonds is 4. The van der Waals surface area contributed by atoms with Gasteiger partial charge in [0, 0.05) is 0 Å². The second-order valence-electron chi connectivity index (χ2n) is 6.41. The van der Waals surface area contributed by atoms with E-state index in [4.69, 9.17) is 10.3 Å². The first-order chi connectivity index (χ1) is 7.60. The van der Waals surface area contributed by atoms with Gasteiger partial charge in [-0.2, -0.15) is 8.42 Å². The Morgan fingerprint density at radius 3 is 2.47 bits per heavy atom. The Bertz CT molecular complexity index is 351. The molecule has 0 aromatic carbocycles. The van der Waals surface area contributed by atoms with Crippen molar-refractivity contribution in [1.82, 2.24) is 0 Å². The number of hydrogen-bond acceptors (Lipinski definition) is 3. The Labute approximate surface area is 105 Å². The first-order valence-electron chi connectivity index (χ1n) is 6.32. The molecule has 0 spiro atoms. The minimum atomic E-state index is -4.07. The Morgan fingerprint density at radius 1 is 1.41 bits per heavy atom. The van der Waals surface area contributed by atoms with Crippen molar-refractivity contribution < 1.29 is 13.0 Å². The highest BCUT2D eigenvalue weighted by atomic mass is 32.2. The number of hydrogen-bond donors (Lipinski definition) is 2. The highest BCUT2D eigenvalue weighted by Gasteiger charge is 2.32. The lowest BCUT2D eigenvalue weighted by Gasteiger charge is -2.39. The van der Waals surface area contributed by atoms with Crippen LogP contribution in [0, 0.1) is 17.3 Å². The Morgan fingerprint density at radius 2 is 2.00 bits per heavy atom. The summed E-state index contributed by atoms with van der Waals surface area (Å²) in [5.74, 6) is 1.22. The first-order valence-corrected chi connectivity index (χ1v) is 7.82. The predicted molar refractivity (Wildman–Crippen MR) is 69.0 cm³/mol. The van der Waals surface area contributed by atoms with E-state index in [1.54, 1.807) is 0 Å². The lowest BCUT2D eigenvalue weighted by molar-refractivity contribution is 0.126. The molecule has 0 heterocycles. The van der Waals surface area contributed by atoms with Crippen molar-refractivity contribution >= 4 is 10.1 Å². The van der Waals surface area contributed by atoms with E-state index in [1.165, 1.54) is 6.42 Å². The SMILES string of the molecule is CC1CC(CCC(N)S(=O)(=O)O)CC(C)(C)C1. The molecule has 3 N–H and O–H groups in total. The van der Waals surface area contributed by atoms with Crippen LogP contribution in [0.5, 0.6) is 0 Å². The minimum absolute atomic E-state index is 0.338. The molecule has 1 aliphatic carbocycles. The van der Waals surface area contributed by atoms with Crippen LogP contribution in [-0.4, -0.2) is 18.3 Å². The smallest absolute Gasteiger partial charge is 0.280 e. The quantitative estimate of drug-likeness (QED) is 0.763. The summed E-state index contributed by atoms with van der Waals surface area (Å²) in [5, 5.41) is -1.12. The highest BCUT2D eigenvalue weighted by molar-refractivity contribution is 7.86. The van der Waals surface area contributed by atoms with Crippen LogP contribution in [0.25, 0.3) is 0 Å². The van der Waals surface area contributed by atoms with E-state index < -0.39 is 15.5 Å². The second-order valence-corrected chi connectivity index (χ2v) is 8.05. The summed E-state index contributed by atoms with van der Waals surface area (Å²) in [7, 11) is -4.07. The lowest BCUT2D eigenvalue weighted by atomic mass is 9.67. The molecule has 3 unspecified atom stereocenters. The van der Waals surface area contributed by atoms with Crippen molar-refractivity contribution in [1.29, 1.82) is 0 Å². The molecule has 0 aromatic heterocycles. The molecule has 0 bridgehead atoms. The van der Waals surface area contributed by atoms with Gasteiger partial charge in [-0.1, -0.05) is 20.8 Å². The zero-order valence-electron chi connectivity index (χ0n) is 11.0. The van der Waals surface area contributed by atoms with Gasteiger partial charge in [-0.05, 0) is 49.4 Å². The molecule has 1 rings (SSSR count). The molecule has 102 valence electrons. The molecule has 0 amide bonds. The summed E-state index contributed by atoms with van der Waals surface area (Å²) in [6.07, 6.45) is 4.63. The summed E-state index contributed by atoms with van der Waals surface area (Å²) in [4.78, 5) is 0. The summed E-state index contributed by atoms with van der Waals surface area (Å²) in [6.45, 7) is 6.77. The van der Waals surface area contributed by atoms with Gasteiger partial charge < -0.3 is 5.73 Å². The summed E-state index contributed by atoms with van der Waals surface area (Å²) in [6, 6.07) is 0. The van der Waals surface area contributed by atoms with E-state index in [0.29, 0.717) is 23.7 Å². The van der Waals surface area contributed by atoms with Crippen LogP contribution < -0.4 is 5.73 Å². The topological polar surface area (TPSA) is 80.4 Å². The largest absolute Gasteiger partial charge is 0.313 e. The van der Waals surface area contributed by atoms with Crippen molar-refractivity contribution in [3.63, 3.8) is 0 Å². The molecule has 5 heteroatoms. The molecular formula is C12H25NO3S. The Kier molecular flexibility index (Phi) is 4.60. The van der Waals surface area contributed by atoms with Gasteiger partial charge in [0.2, 0.25) is 0 Å². The van der Waals surface area contributed by atoms with Gasteiger partial charge in [0.1, 0.15) is 5.37 Å². The average molecular weight is 263 g/mol. The molecule has 17 heavy (non-hydrogen) atoms. The molecule has 1 saturated carbocycles. The van der Waals surface area contributed by atoms with E-state index in [9.17, 15) is 8.42 Å². The summed E-state index contributed by atoms with van der Waals surface area (Å²) >= 11 is 0. The fourth-order valence-corrected chi connectivity index (χ4v) is 3.75. The Balaban J connectivity index is 2.47. The van der Waals surface area contributed by atoms with Crippen molar-refractivity contribution in [3.05, 3.63) is 0 Å². The number of nitrogens with two attached hydrogens (primary N) is 1. The third-order valence-electron chi connectivity index (χ3n) is 3.72. The molecule has 0 aliphatic heterocycles. The van der Waals surface area contributed by atoms with Crippen LogP contribution >= 0.6 is 0 Å². The minimum Gasteiger partial charge on any atom is -0.313 e. The molecule has 1 aliphatic rings. The van der Waals surface area contributed by atoms with Crippen LogP contribution in [-0.2, 0) is 10.1 Å². The maximum absolute atomic E-state index is 10.8. The molecule has 0 saturated heterocycles. The van der Waals surface area contributed by atoms with Crippen LogP contribution in [0.3, 0.4) is 0 Å². The fourth-order valence-electron chi connectivity index (χ4n) is 3.31. The van der Waals surface area contributed by atoms with Gasteiger partial charge >= 0.3 is 0 Å². The molecular weight excluding hydrogens is 238 g/mol.